The van der Waals surface area contributed by atoms with Crippen LogP contribution in [0, 0.1) is 5.92 Å². The average molecular weight is 289 g/mol. The van der Waals surface area contributed by atoms with Crippen molar-refractivity contribution in [2.45, 2.75) is 19.9 Å². The van der Waals surface area contributed by atoms with E-state index in [2.05, 4.69) is 33.8 Å². The van der Waals surface area contributed by atoms with Crippen LogP contribution >= 0.6 is 27.5 Å². The van der Waals surface area contributed by atoms with Crippen molar-refractivity contribution in [3.8, 4) is 0 Å². The van der Waals surface area contributed by atoms with Gasteiger partial charge in [0, 0.05) is 22.6 Å². The molecule has 1 aromatic carbocycles. The Kier molecular flexibility index (Phi) is 3.70. The van der Waals surface area contributed by atoms with Crippen molar-refractivity contribution in [2.24, 2.45) is 5.92 Å². The van der Waals surface area contributed by atoms with E-state index in [4.69, 9.17) is 11.6 Å². The summed E-state index contributed by atoms with van der Waals surface area (Å²) in [6, 6.07) is 5.99. The molecule has 82 valence electrons. The third kappa shape index (κ3) is 2.96. The van der Waals surface area contributed by atoms with Crippen LogP contribution in [-0.2, 0) is 6.54 Å². The molecule has 3 heteroatoms. The molecule has 0 aromatic heterocycles. The predicted molar refractivity (Wildman–Crippen MR) is 68.2 cm³/mol. The highest BCUT2D eigenvalue weighted by atomic mass is 79.9. The van der Waals surface area contributed by atoms with Crippen molar-refractivity contribution in [3.63, 3.8) is 0 Å². The van der Waals surface area contributed by atoms with E-state index in [-0.39, 0.29) is 0 Å². The lowest BCUT2D eigenvalue weighted by atomic mass is 10.2. The Balaban J connectivity index is 2.07. The summed E-state index contributed by atoms with van der Waals surface area (Å²) in [6.45, 7) is 5.73. The van der Waals surface area contributed by atoms with Gasteiger partial charge in [-0.2, -0.15) is 0 Å². The van der Waals surface area contributed by atoms with Crippen LogP contribution in [-0.4, -0.2) is 18.0 Å². The largest absolute Gasteiger partial charge is 0.299 e. The number of rotatable bonds is 2. The smallest absolute Gasteiger partial charge is 0.0410 e. The van der Waals surface area contributed by atoms with Gasteiger partial charge in [0.05, 0.1) is 0 Å². The van der Waals surface area contributed by atoms with Crippen LogP contribution in [0.1, 0.15) is 18.9 Å². The summed E-state index contributed by atoms with van der Waals surface area (Å²) in [4.78, 5) is 2.49. The van der Waals surface area contributed by atoms with Gasteiger partial charge in [0.1, 0.15) is 0 Å². The molecule has 0 aliphatic carbocycles. The number of nitrogens with zero attached hydrogens (tertiary/aromatic N) is 1. The van der Waals surface area contributed by atoms with Crippen molar-refractivity contribution in [2.75, 3.05) is 13.1 Å². The molecule has 0 amide bonds. The summed E-state index contributed by atoms with van der Waals surface area (Å²) in [5.74, 6) is 0.836. The van der Waals surface area contributed by atoms with Crippen molar-refractivity contribution >= 4 is 27.5 Å². The van der Waals surface area contributed by atoms with E-state index >= 15 is 0 Å². The number of likely N-dealkylation sites (tertiary alicyclic amines) is 1. The van der Waals surface area contributed by atoms with Crippen LogP contribution in [0.4, 0.5) is 0 Å². The molecule has 0 saturated carbocycles. The summed E-state index contributed by atoms with van der Waals surface area (Å²) in [6.07, 6.45) is 1.32. The van der Waals surface area contributed by atoms with Gasteiger partial charge in [-0.15, -0.1) is 0 Å². The van der Waals surface area contributed by atoms with E-state index in [9.17, 15) is 0 Å². The fourth-order valence-electron chi connectivity index (χ4n) is 2.08. The minimum Gasteiger partial charge on any atom is -0.299 e. The lowest BCUT2D eigenvalue weighted by Gasteiger charge is -2.16. The predicted octanol–water partition coefficient (Wildman–Crippen LogP) is 3.94. The van der Waals surface area contributed by atoms with Gasteiger partial charge in [0.15, 0.2) is 0 Å². The van der Waals surface area contributed by atoms with E-state index in [0.717, 1.165) is 22.0 Å². The van der Waals surface area contributed by atoms with Crippen LogP contribution in [0.5, 0.6) is 0 Å². The van der Waals surface area contributed by atoms with E-state index in [1.54, 1.807) is 0 Å². The van der Waals surface area contributed by atoms with Crippen molar-refractivity contribution in [3.05, 3.63) is 33.3 Å². The maximum Gasteiger partial charge on any atom is 0.0410 e. The maximum atomic E-state index is 5.99. The molecule has 2 rings (SSSR count). The molecule has 0 spiro atoms. The quantitative estimate of drug-likeness (QED) is 0.796. The lowest BCUT2D eigenvalue weighted by molar-refractivity contribution is 0.320. The van der Waals surface area contributed by atoms with E-state index in [1.165, 1.54) is 25.1 Å². The fraction of sp³-hybridized carbons (Fsp3) is 0.500. The second-order valence-corrected chi connectivity index (χ2v) is 5.66. The molecule has 1 aromatic rings. The molecule has 1 aliphatic rings. The first-order chi connectivity index (χ1) is 7.15. The van der Waals surface area contributed by atoms with Gasteiger partial charge in [-0.05, 0) is 42.6 Å². The minimum absolute atomic E-state index is 0.820. The molecule has 1 heterocycles. The van der Waals surface area contributed by atoms with Crippen LogP contribution in [0.3, 0.4) is 0 Å². The maximum absolute atomic E-state index is 5.99. The number of benzene rings is 1. The molecule has 0 radical (unpaired) electrons. The van der Waals surface area contributed by atoms with E-state index < -0.39 is 0 Å². The van der Waals surface area contributed by atoms with Crippen LogP contribution < -0.4 is 0 Å². The van der Waals surface area contributed by atoms with Crippen LogP contribution in [0.15, 0.2) is 22.7 Å². The molecule has 1 unspecified atom stereocenters. The molecular formula is C12H15BrClN. The number of hydrogen-bond acceptors (Lipinski definition) is 1. The Labute approximate surface area is 105 Å². The van der Waals surface area contributed by atoms with Crippen molar-refractivity contribution < 1.29 is 0 Å². The molecule has 15 heavy (non-hydrogen) atoms. The first-order valence-corrected chi connectivity index (χ1v) is 6.48. The normalized spacial score (nSPS) is 22.2. The molecule has 1 atom stereocenters. The third-order valence-corrected chi connectivity index (χ3v) is 3.92. The molecule has 1 fully saturated rings. The Morgan fingerprint density at radius 3 is 3.00 bits per heavy atom. The molecule has 0 N–H and O–H groups in total. The standard InChI is InChI=1S/C12H15BrClN/c1-9-4-5-15(7-9)8-10-6-11(14)2-3-12(10)13/h2-3,6,9H,4-5,7-8H2,1H3. The highest BCUT2D eigenvalue weighted by Gasteiger charge is 2.19. The van der Waals surface area contributed by atoms with Crippen molar-refractivity contribution in [1.82, 2.24) is 4.90 Å². The monoisotopic (exact) mass is 287 g/mol. The lowest BCUT2D eigenvalue weighted by Crippen LogP contribution is -2.19. The summed E-state index contributed by atoms with van der Waals surface area (Å²) >= 11 is 9.56. The molecule has 1 nitrogen and oxygen atoms in total. The van der Waals surface area contributed by atoms with Crippen LogP contribution in [0.2, 0.25) is 5.02 Å². The van der Waals surface area contributed by atoms with Gasteiger partial charge in [-0.25, -0.2) is 0 Å². The highest BCUT2D eigenvalue weighted by Crippen LogP contribution is 2.25. The van der Waals surface area contributed by atoms with Crippen molar-refractivity contribution in [1.29, 1.82) is 0 Å². The zero-order valence-electron chi connectivity index (χ0n) is 8.84. The van der Waals surface area contributed by atoms with Gasteiger partial charge >= 0.3 is 0 Å². The highest BCUT2D eigenvalue weighted by molar-refractivity contribution is 9.10. The Hall–Kier alpha value is -0.0500. The molecule has 1 aliphatic heterocycles. The minimum atomic E-state index is 0.820. The summed E-state index contributed by atoms with van der Waals surface area (Å²) in [5.41, 5.74) is 1.29. The van der Waals surface area contributed by atoms with Gasteiger partial charge < -0.3 is 0 Å². The van der Waals surface area contributed by atoms with Gasteiger partial charge in [0.25, 0.3) is 0 Å². The number of hydrogen-bond donors (Lipinski definition) is 0. The SMILES string of the molecule is CC1CCN(Cc2cc(Cl)ccc2Br)C1. The topological polar surface area (TPSA) is 3.24 Å². The van der Waals surface area contributed by atoms with Gasteiger partial charge in [-0.3, -0.25) is 4.90 Å². The van der Waals surface area contributed by atoms with E-state index in [0.29, 0.717) is 0 Å². The first-order valence-electron chi connectivity index (χ1n) is 5.31. The number of halogens is 2. The Morgan fingerprint density at radius 2 is 2.33 bits per heavy atom. The fourth-order valence-corrected chi connectivity index (χ4v) is 2.64. The second-order valence-electron chi connectivity index (χ2n) is 4.36. The molecule has 1 saturated heterocycles. The summed E-state index contributed by atoms with van der Waals surface area (Å²) in [7, 11) is 0. The summed E-state index contributed by atoms with van der Waals surface area (Å²) < 4.78 is 1.16. The third-order valence-electron chi connectivity index (χ3n) is 2.91. The van der Waals surface area contributed by atoms with Gasteiger partial charge in [0.2, 0.25) is 0 Å². The average Bonchev–Trinajstić information content (AvgIpc) is 2.58. The Morgan fingerprint density at radius 1 is 1.53 bits per heavy atom. The molecular weight excluding hydrogens is 273 g/mol. The Bertz CT molecular complexity index is 353. The first kappa shape index (κ1) is 11.4. The molecule has 0 bridgehead atoms. The zero-order chi connectivity index (χ0) is 10.8. The zero-order valence-corrected chi connectivity index (χ0v) is 11.2. The van der Waals surface area contributed by atoms with Crippen LogP contribution in [0.25, 0.3) is 0 Å². The second kappa shape index (κ2) is 4.86. The summed E-state index contributed by atoms with van der Waals surface area (Å²) in [5, 5.41) is 0.820. The van der Waals surface area contributed by atoms with Gasteiger partial charge in [-0.1, -0.05) is 34.5 Å². The van der Waals surface area contributed by atoms with E-state index in [1.807, 2.05) is 12.1 Å².